The van der Waals surface area contributed by atoms with Gasteiger partial charge < -0.3 is 10.6 Å². The Kier molecular flexibility index (Phi) is 4.07. The maximum Gasteiger partial charge on any atom is 0.254 e. The van der Waals surface area contributed by atoms with Crippen LogP contribution in [0.1, 0.15) is 27.0 Å². The number of nitrogens with zero attached hydrogens (tertiary/aromatic N) is 1. The number of hydrogen-bond donors (Lipinski definition) is 1. The number of carbonyl (C=O) groups excluding carboxylic acids is 1. The Bertz CT molecular complexity index is 376. The van der Waals surface area contributed by atoms with Crippen LogP contribution in [-0.4, -0.2) is 30.9 Å². The molecule has 0 aliphatic rings. The van der Waals surface area contributed by atoms with Crippen molar-refractivity contribution in [3.05, 3.63) is 34.4 Å². The van der Waals surface area contributed by atoms with Gasteiger partial charge in [-0.3, -0.25) is 4.79 Å². The number of likely N-dealkylation sites (N-methyl/N-ethyl adjacent to an activating group) is 1. The lowest BCUT2D eigenvalue weighted by molar-refractivity contribution is 0.0797. The second-order valence-corrected chi connectivity index (χ2v) is 4.29. The molecule has 0 unspecified atom stereocenters. The molecule has 0 fully saturated rings. The second kappa shape index (κ2) is 5.12. The summed E-state index contributed by atoms with van der Waals surface area (Å²) in [6, 6.07) is 4.08. The lowest BCUT2D eigenvalue weighted by Crippen LogP contribution is -2.32. The van der Waals surface area contributed by atoms with E-state index in [4.69, 9.17) is 5.73 Å². The minimum absolute atomic E-state index is 0.0560. The Balaban J connectivity index is 3.08. The Hall–Kier alpha value is -1.35. The minimum Gasteiger partial charge on any atom is -0.340 e. The SMILES string of the molecule is Cc1cc(C)c(C(=O)N(C)CCN)c(C)c1. The van der Waals surface area contributed by atoms with Crippen molar-refractivity contribution in [2.75, 3.05) is 20.1 Å². The van der Waals surface area contributed by atoms with E-state index in [1.807, 2.05) is 32.9 Å². The maximum atomic E-state index is 12.2. The van der Waals surface area contributed by atoms with Crippen LogP contribution < -0.4 is 5.73 Å². The Labute approximate surface area is 97.2 Å². The van der Waals surface area contributed by atoms with Gasteiger partial charge in [0.05, 0.1) is 0 Å². The highest BCUT2D eigenvalue weighted by Crippen LogP contribution is 2.17. The summed E-state index contributed by atoms with van der Waals surface area (Å²) in [5.41, 5.74) is 9.51. The number of benzene rings is 1. The van der Waals surface area contributed by atoms with Crippen molar-refractivity contribution >= 4 is 5.91 Å². The Morgan fingerprint density at radius 2 is 1.75 bits per heavy atom. The zero-order chi connectivity index (χ0) is 12.3. The lowest BCUT2D eigenvalue weighted by atomic mass is 9.99. The molecule has 1 aromatic rings. The first-order valence-corrected chi connectivity index (χ1v) is 5.50. The molecule has 0 saturated heterocycles. The largest absolute Gasteiger partial charge is 0.340 e. The van der Waals surface area contributed by atoms with Crippen molar-refractivity contribution in [2.24, 2.45) is 5.73 Å². The van der Waals surface area contributed by atoms with Gasteiger partial charge in [-0.15, -0.1) is 0 Å². The summed E-state index contributed by atoms with van der Waals surface area (Å²) in [6.07, 6.45) is 0. The highest BCUT2D eigenvalue weighted by molar-refractivity contribution is 5.97. The van der Waals surface area contributed by atoms with Gasteiger partial charge in [-0.05, 0) is 31.9 Å². The zero-order valence-electron chi connectivity index (χ0n) is 10.5. The van der Waals surface area contributed by atoms with E-state index in [1.54, 1.807) is 11.9 Å². The molecule has 0 atom stereocenters. The quantitative estimate of drug-likeness (QED) is 0.841. The Morgan fingerprint density at radius 3 is 2.19 bits per heavy atom. The highest BCUT2D eigenvalue weighted by Gasteiger charge is 2.16. The van der Waals surface area contributed by atoms with Crippen molar-refractivity contribution in [3.8, 4) is 0 Å². The molecule has 1 aromatic carbocycles. The zero-order valence-corrected chi connectivity index (χ0v) is 10.5. The normalized spacial score (nSPS) is 10.3. The van der Waals surface area contributed by atoms with Gasteiger partial charge in [0.1, 0.15) is 0 Å². The van der Waals surface area contributed by atoms with Crippen molar-refractivity contribution in [2.45, 2.75) is 20.8 Å². The number of hydrogen-bond acceptors (Lipinski definition) is 2. The molecule has 0 aliphatic heterocycles. The molecule has 0 radical (unpaired) electrons. The van der Waals surface area contributed by atoms with Gasteiger partial charge in [0.25, 0.3) is 5.91 Å². The van der Waals surface area contributed by atoms with Crippen LogP contribution >= 0.6 is 0 Å². The van der Waals surface area contributed by atoms with Crippen LogP contribution in [-0.2, 0) is 0 Å². The maximum absolute atomic E-state index is 12.2. The fraction of sp³-hybridized carbons (Fsp3) is 0.462. The molecular formula is C13H20N2O. The molecule has 3 heteroatoms. The average Bonchev–Trinajstić information content (AvgIpc) is 2.16. The Morgan fingerprint density at radius 1 is 1.25 bits per heavy atom. The van der Waals surface area contributed by atoms with Gasteiger partial charge in [-0.1, -0.05) is 17.7 Å². The van der Waals surface area contributed by atoms with Gasteiger partial charge >= 0.3 is 0 Å². The summed E-state index contributed by atoms with van der Waals surface area (Å²) in [7, 11) is 1.79. The van der Waals surface area contributed by atoms with E-state index >= 15 is 0 Å². The van der Waals surface area contributed by atoms with E-state index in [0.717, 1.165) is 16.7 Å². The number of carbonyl (C=O) groups is 1. The van der Waals surface area contributed by atoms with Gasteiger partial charge in [0.2, 0.25) is 0 Å². The molecular weight excluding hydrogens is 200 g/mol. The monoisotopic (exact) mass is 220 g/mol. The standard InChI is InChI=1S/C13H20N2O/c1-9-7-10(2)12(11(3)8-9)13(16)15(4)6-5-14/h7-8H,5-6,14H2,1-4H3. The molecule has 3 nitrogen and oxygen atoms in total. The van der Waals surface area contributed by atoms with Gasteiger partial charge in [-0.2, -0.15) is 0 Å². The predicted octanol–water partition coefficient (Wildman–Crippen LogP) is 1.64. The van der Waals surface area contributed by atoms with E-state index in [2.05, 4.69) is 0 Å². The molecule has 1 amide bonds. The van der Waals surface area contributed by atoms with Gasteiger partial charge in [0.15, 0.2) is 0 Å². The fourth-order valence-electron chi connectivity index (χ4n) is 2.00. The predicted molar refractivity (Wildman–Crippen MR) is 66.7 cm³/mol. The molecule has 0 spiro atoms. The van der Waals surface area contributed by atoms with Crippen LogP contribution in [0.25, 0.3) is 0 Å². The molecule has 1 rings (SSSR count). The van der Waals surface area contributed by atoms with Crippen molar-refractivity contribution in [1.29, 1.82) is 0 Å². The van der Waals surface area contributed by atoms with E-state index in [9.17, 15) is 4.79 Å². The first-order chi connectivity index (χ1) is 7.47. The summed E-state index contributed by atoms with van der Waals surface area (Å²) >= 11 is 0. The highest BCUT2D eigenvalue weighted by atomic mass is 16.2. The van der Waals surface area contributed by atoms with Crippen molar-refractivity contribution in [3.63, 3.8) is 0 Å². The molecule has 0 heterocycles. The number of rotatable bonds is 3. The van der Waals surface area contributed by atoms with E-state index in [-0.39, 0.29) is 5.91 Å². The summed E-state index contributed by atoms with van der Waals surface area (Å²) in [6.45, 7) is 7.07. The molecule has 16 heavy (non-hydrogen) atoms. The summed E-state index contributed by atoms with van der Waals surface area (Å²) < 4.78 is 0. The van der Waals surface area contributed by atoms with E-state index in [0.29, 0.717) is 13.1 Å². The third kappa shape index (κ3) is 2.61. The average molecular weight is 220 g/mol. The first kappa shape index (κ1) is 12.7. The number of aryl methyl sites for hydroxylation is 3. The molecule has 0 aromatic heterocycles. The van der Waals surface area contributed by atoms with E-state index < -0.39 is 0 Å². The van der Waals surface area contributed by atoms with Crippen LogP contribution in [0.2, 0.25) is 0 Å². The van der Waals surface area contributed by atoms with Crippen LogP contribution in [0.3, 0.4) is 0 Å². The summed E-state index contributed by atoms with van der Waals surface area (Å²) in [4.78, 5) is 13.8. The second-order valence-electron chi connectivity index (χ2n) is 4.29. The molecule has 0 saturated carbocycles. The van der Waals surface area contributed by atoms with Crippen molar-refractivity contribution < 1.29 is 4.79 Å². The van der Waals surface area contributed by atoms with Gasteiger partial charge in [0, 0.05) is 25.7 Å². The minimum atomic E-state index is 0.0560. The summed E-state index contributed by atoms with van der Waals surface area (Å²) in [5, 5.41) is 0. The van der Waals surface area contributed by atoms with E-state index in [1.165, 1.54) is 5.56 Å². The summed E-state index contributed by atoms with van der Waals surface area (Å²) in [5.74, 6) is 0.0560. The topological polar surface area (TPSA) is 46.3 Å². The van der Waals surface area contributed by atoms with Gasteiger partial charge in [-0.25, -0.2) is 0 Å². The third-order valence-electron chi connectivity index (χ3n) is 2.70. The molecule has 88 valence electrons. The van der Waals surface area contributed by atoms with Crippen molar-refractivity contribution in [1.82, 2.24) is 4.90 Å². The van der Waals surface area contributed by atoms with Crippen LogP contribution in [0, 0.1) is 20.8 Å². The molecule has 0 aliphatic carbocycles. The van der Waals surface area contributed by atoms with Crippen LogP contribution in [0.15, 0.2) is 12.1 Å². The lowest BCUT2D eigenvalue weighted by Gasteiger charge is -2.19. The first-order valence-electron chi connectivity index (χ1n) is 5.50. The molecule has 0 bridgehead atoms. The number of nitrogens with two attached hydrogens (primary N) is 1. The fourth-order valence-corrected chi connectivity index (χ4v) is 2.00. The number of amides is 1. The smallest absolute Gasteiger partial charge is 0.254 e. The van der Waals surface area contributed by atoms with Crippen LogP contribution in [0.4, 0.5) is 0 Å². The third-order valence-corrected chi connectivity index (χ3v) is 2.70. The van der Waals surface area contributed by atoms with Crippen LogP contribution in [0.5, 0.6) is 0 Å². The molecule has 2 N–H and O–H groups in total.